The number of anilines is 1. The van der Waals surface area contributed by atoms with E-state index in [9.17, 15) is 9.90 Å². The van der Waals surface area contributed by atoms with Crippen LogP contribution in [0.25, 0.3) is 0 Å². The summed E-state index contributed by atoms with van der Waals surface area (Å²) in [5.74, 6) is 1.36. The molecule has 8 heteroatoms. The monoisotopic (exact) mass is 604 g/mol. The summed E-state index contributed by atoms with van der Waals surface area (Å²) in [6.07, 6.45) is 2.23. The normalized spacial score (nSPS) is 22.6. The van der Waals surface area contributed by atoms with E-state index in [0.717, 1.165) is 67.1 Å². The minimum absolute atomic E-state index is 0.0165. The van der Waals surface area contributed by atoms with Crippen LogP contribution in [0, 0.1) is 5.92 Å². The first-order valence-corrected chi connectivity index (χ1v) is 15.6. The summed E-state index contributed by atoms with van der Waals surface area (Å²) in [6, 6.07) is 19.5. The van der Waals surface area contributed by atoms with E-state index in [1.807, 2.05) is 86.3 Å². The summed E-state index contributed by atoms with van der Waals surface area (Å²) in [6.45, 7) is 9.36. The van der Waals surface area contributed by atoms with Crippen molar-refractivity contribution in [3.8, 4) is 11.5 Å². The molecule has 2 fully saturated rings. The second-order valence-corrected chi connectivity index (χ2v) is 12.9. The van der Waals surface area contributed by atoms with Crippen molar-refractivity contribution in [2.45, 2.75) is 63.8 Å². The lowest BCUT2D eigenvalue weighted by molar-refractivity contribution is -0.118. The molecule has 0 saturated carbocycles. The van der Waals surface area contributed by atoms with Crippen molar-refractivity contribution in [2.24, 2.45) is 5.92 Å². The van der Waals surface area contributed by atoms with Gasteiger partial charge in [0.2, 0.25) is 5.91 Å². The Labute approximate surface area is 259 Å². The number of halogens is 1. The number of rotatable bonds is 8. The molecule has 1 N–H and O–H groups in total. The number of carbonyl (C=O) groups excluding carboxylic acids is 1. The van der Waals surface area contributed by atoms with Gasteiger partial charge >= 0.3 is 0 Å². The van der Waals surface area contributed by atoms with Gasteiger partial charge in [0.25, 0.3) is 0 Å². The lowest BCUT2D eigenvalue weighted by Gasteiger charge is -2.46. The summed E-state index contributed by atoms with van der Waals surface area (Å²) in [4.78, 5) is 18.2. The van der Waals surface area contributed by atoms with Crippen molar-refractivity contribution in [2.75, 3.05) is 38.3 Å². The molecular weight excluding hydrogens is 564 g/mol. The number of aliphatic hydroxyl groups is 1. The van der Waals surface area contributed by atoms with Gasteiger partial charge in [0.1, 0.15) is 0 Å². The molecule has 6 rings (SSSR count). The van der Waals surface area contributed by atoms with Crippen LogP contribution in [-0.4, -0.2) is 61.5 Å². The topological polar surface area (TPSA) is 71.5 Å². The Bertz CT molecular complexity index is 1450. The van der Waals surface area contributed by atoms with Crippen LogP contribution in [0.15, 0.2) is 60.7 Å². The number of nitrogens with zero attached hydrogens (tertiary/aromatic N) is 2. The molecule has 0 spiro atoms. The lowest BCUT2D eigenvalue weighted by Crippen LogP contribution is -2.55. The van der Waals surface area contributed by atoms with Crippen molar-refractivity contribution < 1.29 is 24.1 Å². The zero-order valence-corrected chi connectivity index (χ0v) is 26.1. The Morgan fingerprint density at radius 1 is 1.05 bits per heavy atom. The summed E-state index contributed by atoms with van der Waals surface area (Å²) in [7, 11) is 1.62. The molecule has 3 heterocycles. The van der Waals surface area contributed by atoms with Crippen molar-refractivity contribution in [1.82, 2.24) is 4.90 Å². The van der Waals surface area contributed by atoms with E-state index in [1.165, 1.54) is 0 Å². The number of amides is 1. The number of methoxy groups -OCH3 is 1. The number of benzene rings is 3. The maximum Gasteiger partial charge on any atom is 0.232 e. The van der Waals surface area contributed by atoms with E-state index >= 15 is 0 Å². The summed E-state index contributed by atoms with van der Waals surface area (Å²) in [5.41, 5.74) is 3.48. The number of hydrogen-bond donors (Lipinski definition) is 1. The predicted molar refractivity (Wildman–Crippen MR) is 168 cm³/mol. The fraction of sp³-hybridized carbons (Fsp3) is 0.457. The Balaban J connectivity index is 1.35. The minimum Gasteiger partial charge on any atom is -0.493 e. The maximum atomic E-state index is 13.9. The molecule has 3 aromatic carbocycles. The van der Waals surface area contributed by atoms with Gasteiger partial charge in [0.15, 0.2) is 11.5 Å². The van der Waals surface area contributed by atoms with E-state index in [4.69, 9.17) is 25.8 Å². The zero-order valence-electron chi connectivity index (χ0n) is 25.4. The highest BCUT2D eigenvalue weighted by Crippen LogP contribution is 2.44. The summed E-state index contributed by atoms with van der Waals surface area (Å²) < 4.78 is 17.2. The standard InChI is InChI=1S/C35H41ClN2O5/c1-22(2)43-32-18-30-24(16-31(32)41-4)17-33(39)38(34(30)23-7-11-27(36)12-8-23)28-13-9-25(10-14-28)35(3,40)26-6-5-15-37(19-26)29-20-42-21-29/h7-14,16,18,22,26,29,34,40H,5-6,15,17,19-21H2,1-4H3/t26?,34-,35+/m0/s1. The highest BCUT2D eigenvalue weighted by Gasteiger charge is 2.40. The van der Waals surface area contributed by atoms with Crippen LogP contribution in [0.3, 0.4) is 0 Å². The van der Waals surface area contributed by atoms with Crippen LogP contribution < -0.4 is 14.4 Å². The molecule has 0 bridgehead atoms. The van der Waals surface area contributed by atoms with Gasteiger partial charge in [-0.3, -0.25) is 9.69 Å². The number of likely N-dealkylation sites (tertiary alicyclic amines) is 1. The van der Waals surface area contributed by atoms with Gasteiger partial charge < -0.3 is 24.2 Å². The van der Waals surface area contributed by atoms with E-state index < -0.39 is 11.6 Å². The number of fused-ring (bicyclic) bond motifs is 1. The summed E-state index contributed by atoms with van der Waals surface area (Å²) in [5, 5.41) is 12.4. The van der Waals surface area contributed by atoms with Gasteiger partial charge in [-0.05, 0) is 98.8 Å². The SMILES string of the molecule is COc1cc2c(cc1OC(C)C)[C@H](c1ccc(Cl)cc1)N(c1ccc([C@@](C)(O)C3CCCN(C4COC4)C3)cc1)C(=O)C2. The Morgan fingerprint density at radius 2 is 1.77 bits per heavy atom. The average Bonchev–Trinajstić information content (AvgIpc) is 2.96. The molecule has 228 valence electrons. The number of carbonyl (C=O) groups is 1. The van der Waals surface area contributed by atoms with Gasteiger partial charge in [-0.1, -0.05) is 35.9 Å². The molecule has 3 aliphatic rings. The molecular formula is C35H41ClN2O5. The summed E-state index contributed by atoms with van der Waals surface area (Å²) >= 11 is 6.27. The van der Waals surface area contributed by atoms with E-state index in [-0.39, 0.29) is 24.3 Å². The van der Waals surface area contributed by atoms with Gasteiger partial charge in [0.05, 0.1) is 50.5 Å². The van der Waals surface area contributed by atoms with Gasteiger partial charge in [0, 0.05) is 23.2 Å². The van der Waals surface area contributed by atoms with E-state index in [0.29, 0.717) is 22.6 Å². The zero-order chi connectivity index (χ0) is 30.3. The highest BCUT2D eigenvalue weighted by molar-refractivity contribution is 6.30. The minimum atomic E-state index is -0.991. The molecule has 1 amide bonds. The third kappa shape index (κ3) is 5.88. The smallest absolute Gasteiger partial charge is 0.232 e. The van der Waals surface area contributed by atoms with Crippen molar-refractivity contribution in [1.29, 1.82) is 0 Å². The van der Waals surface area contributed by atoms with Gasteiger partial charge in [-0.2, -0.15) is 0 Å². The third-order valence-corrected chi connectivity index (χ3v) is 9.50. The largest absolute Gasteiger partial charge is 0.493 e. The number of hydrogen-bond acceptors (Lipinski definition) is 6. The Morgan fingerprint density at radius 3 is 2.40 bits per heavy atom. The second-order valence-electron chi connectivity index (χ2n) is 12.5. The fourth-order valence-corrected chi connectivity index (χ4v) is 6.88. The third-order valence-electron chi connectivity index (χ3n) is 9.25. The van der Waals surface area contributed by atoms with Crippen LogP contribution >= 0.6 is 11.6 Å². The van der Waals surface area contributed by atoms with Crippen LogP contribution in [0.2, 0.25) is 5.02 Å². The first-order valence-electron chi connectivity index (χ1n) is 15.3. The number of piperidine rings is 1. The van der Waals surface area contributed by atoms with E-state index in [2.05, 4.69) is 4.90 Å². The van der Waals surface area contributed by atoms with Crippen LogP contribution in [0.5, 0.6) is 11.5 Å². The fourth-order valence-electron chi connectivity index (χ4n) is 6.76. The highest BCUT2D eigenvalue weighted by atomic mass is 35.5. The van der Waals surface area contributed by atoms with E-state index in [1.54, 1.807) is 7.11 Å². The van der Waals surface area contributed by atoms with Gasteiger partial charge in [-0.25, -0.2) is 0 Å². The van der Waals surface area contributed by atoms with Crippen LogP contribution in [0.4, 0.5) is 5.69 Å². The van der Waals surface area contributed by atoms with Crippen LogP contribution in [-0.2, 0) is 21.6 Å². The molecule has 7 nitrogen and oxygen atoms in total. The Kier molecular flexibility index (Phi) is 8.44. The lowest BCUT2D eigenvalue weighted by atomic mass is 9.78. The van der Waals surface area contributed by atoms with Crippen LogP contribution in [0.1, 0.15) is 61.9 Å². The molecule has 43 heavy (non-hydrogen) atoms. The van der Waals surface area contributed by atoms with Crippen molar-refractivity contribution in [3.05, 3.63) is 87.9 Å². The number of ether oxygens (including phenoxy) is 3. The molecule has 0 aliphatic carbocycles. The first kappa shape index (κ1) is 29.9. The molecule has 0 aromatic heterocycles. The average molecular weight is 605 g/mol. The predicted octanol–water partition coefficient (Wildman–Crippen LogP) is 6.13. The molecule has 1 unspecified atom stereocenters. The maximum absolute atomic E-state index is 13.9. The quantitative estimate of drug-likeness (QED) is 0.333. The molecule has 3 atom stereocenters. The molecule has 3 aliphatic heterocycles. The molecule has 3 aromatic rings. The first-order chi connectivity index (χ1) is 20.7. The van der Waals surface area contributed by atoms with Crippen molar-refractivity contribution in [3.63, 3.8) is 0 Å². The Hall–Kier alpha value is -3.10. The van der Waals surface area contributed by atoms with Gasteiger partial charge in [-0.15, -0.1) is 0 Å². The second kappa shape index (κ2) is 12.1. The molecule has 0 radical (unpaired) electrons. The molecule has 2 saturated heterocycles. The van der Waals surface area contributed by atoms with Crippen molar-refractivity contribution >= 4 is 23.2 Å².